The third-order valence-electron chi connectivity index (χ3n) is 5.18. The van der Waals surface area contributed by atoms with Crippen LogP contribution in [0.25, 0.3) is 5.78 Å². The second-order valence-electron chi connectivity index (χ2n) is 7.02. The first-order chi connectivity index (χ1) is 13.2. The Morgan fingerprint density at radius 1 is 1.19 bits per heavy atom. The summed E-state index contributed by atoms with van der Waals surface area (Å²) >= 11 is 0. The van der Waals surface area contributed by atoms with Crippen molar-refractivity contribution in [3.8, 4) is 0 Å². The van der Waals surface area contributed by atoms with E-state index in [0.717, 1.165) is 25.2 Å². The molecule has 1 aliphatic heterocycles. The van der Waals surface area contributed by atoms with E-state index in [9.17, 15) is 4.79 Å². The van der Waals surface area contributed by atoms with Gasteiger partial charge in [-0.25, -0.2) is 9.97 Å². The van der Waals surface area contributed by atoms with E-state index in [2.05, 4.69) is 32.3 Å². The van der Waals surface area contributed by atoms with Crippen LogP contribution in [0.2, 0.25) is 0 Å². The highest BCUT2D eigenvalue weighted by Crippen LogP contribution is 2.21. The van der Waals surface area contributed by atoms with Crippen LogP contribution >= 0.6 is 0 Å². The molecule has 0 radical (unpaired) electrons. The van der Waals surface area contributed by atoms with Crippen molar-refractivity contribution in [1.82, 2.24) is 19.7 Å². The summed E-state index contributed by atoms with van der Waals surface area (Å²) < 4.78 is 1.87. The number of anilines is 1. The van der Waals surface area contributed by atoms with Crippen molar-refractivity contribution < 1.29 is 4.79 Å². The molecule has 0 spiro atoms. The Kier molecular flexibility index (Phi) is 5.05. The quantitative estimate of drug-likeness (QED) is 0.752. The SMILES string of the molecule is CC[C@@H](NC(=O)c1ccc(N2CCCCC2)cc1)c1cn2cccnc2n1. The summed E-state index contributed by atoms with van der Waals surface area (Å²) in [6.07, 6.45) is 10.1. The summed E-state index contributed by atoms with van der Waals surface area (Å²) in [6.45, 7) is 4.25. The highest BCUT2D eigenvalue weighted by atomic mass is 16.1. The van der Waals surface area contributed by atoms with E-state index in [1.165, 1.54) is 24.9 Å². The maximum absolute atomic E-state index is 12.7. The molecule has 1 atom stereocenters. The number of fused-ring (bicyclic) bond motifs is 1. The van der Waals surface area contributed by atoms with Gasteiger partial charge in [0.15, 0.2) is 0 Å². The molecule has 3 aromatic rings. The van der Waals surface area contributed by atoms with Crippen LogP contribution in [0.5, 0.6) is 0 Å². The molecule has 3 heterocycles. The predicted molar refractivity (Wildman–Crippen MR) is 106 cm³/mol. The fourth-order valence-corrected chi connectivity index (χ4v) is 3.62. The smallest absolute Gasteiger partial charge is 0.251 e. The lowest BCUT2D eigenvalue weighted by Gasteiger charge is -2.28. The zero-order chi connectivity index (χ0) is 18.6. The van der Waals surface area contributed by atoms with Gasteiger partial charge in [0.1, 0.15) is 0 Å². The summed E-state index contributed by atoms with van der Waals surface area (Å²) in [7, 11) is 0. The lowest BCUT2D eigenvalue weighted by molar-refractivity contribution is 0.0935. The first-order valence-electron chi connectivity index (χ1n) is 9.70. The number of hydrogen-bond acceptors (Lipinski definition) is 4. The number of amides is 1. The van der Waals surface area contributed by atoms with Crippen LogP contribution in [0.4, 0.5) is 5.69 Å². The van der Waals surface area contributed by atoms with Crippen LogP contribution in [-0.4, -0.2) is 33.4 Å². The van der Waals surface area contributed by atoms with Gasteiger partial charge in [0.25, 0.3) is 5.91 Å². The molecule has 140 valence electrons. The molecule has 1 N–H and O–H groups in total. The fraction of sp³-hybridized carbons (Fsp3) is 0.381. The van der Waals surface area contributed by atoms with Gasteiger partial charge in [-0.2, -0.15) is 0 Å². The molecule has 1 fully saturated rings. The van der Waals surface area contributed by atoms with Gasteiger partial charge < -0.3 is 10.2 Å². The summed E-state index contributed by atoms with van der Waals surface area (Å²) in [5.41, 5.74) is 2.70. The van der Waals surface area contributed by atoms with Crippen LogP contribution in [0.15, 0.2) is 48.9 Å². The summed E-state index contributed by atoms with van der Waals surface area (Å²) in [4.78, 5) is 23.9. The van der Waals surface area contributed by atoms with Gasteiger partial charge in [0, 0.05) is 42.9 Å². The Morgan fingerprint density at radius 2 is 1.96 bits per heavy atom. The topological polar surface area (TPSA) is 62.5 Å². The van der Waals surface area contributed by atoms with Gasteiger partial charge in [0.05, 0.1) is 11.7 Å². The largest absolute Gasteiger partial charge is 0.372 e. The minimum Gasteiger partial charge on any atom is -0.372 e. The number of imidazole rings is 1. The number of aromatic nitrogens is 3. The molecule has 4 rings (SSSR count). The zero-order valence-electron chi connectivity index (χ0n) is 15.6. The Balaban J connectivity index is 1.46. The van der Waals surface area contributed by atoms with Crippen molar-refractivity contribution in [2.75, 3.05) is 18.0 Å². The standard InChI is InChI=1S/C21H25N5O/c1-2-18(19-15-26-14-6-11-22-21(26)24-19)23-20(27)16-7-9-17(10-8-16)25-12-4-3-5-13-25/h6-11,14-15,18H,2-5,12-13H2,1H3,(H,23,27)/t18-/m1/s1. The molecule has 6 heteroatoms. The number of carbonyl (C=O) groups is 1. The molecular formula is C21H25N5O. The second kappa shape index (κ2) is 7.78. The zero-order valence-corrected chi connectivity index (χ0v) is 15.6. The molecule has 6 nitrogen and oxygen atoms in total. The van der Waals surface area contributed by atoms with Crippen molar-refractivity contribution in [2.45, 2.75) is 38.6 Å². The van der Waals surface area contributed by atoms with Crippen LogP contribution in [-0.2, 0) is 0 Å². The van der Waals surface area contributed by atoms with Gasteiger partial charge in [-0.05, 0) is 56.0 Å². The molecule has 1 aromatic carbocycles. The molecular weight excluding hydrogens is 338 g/mol. The van der Waals surface area contributed by atoms with E-state index in [1.807, 2.05) is 41.9 Å². The molecule has 0 unspecified atom stereocenters. The molecule has 0 aliphatic carbocycles. The highest BCUT2D eigenvalue weighted by Gasteiger charge is 2.18. The minimum atomic E-state index is -0.138. The van der Waals surface area contributed by atoms with Gasteiger partial charge in [-0.3, -0.25) is 9.20 Å². The fourth-order valence-electron chi connectivity index (χ4n) is 3.62. The van der Waals surface area contributed by atoms with E-state index in [1.54, 1.807) is 6.20 Å². The maximum atomic E-state index is 12.7. The molecule has 1 aliphatic rings. The number of nitrogens with one attached hydrogen (secondary N) is 1. The lowest BCUT2D eigenvalue weighted by atomic mass is 10.1. The molecule has 1 amide bonds. The third kappa shape index (κ3) is 3.79. The summed E-state index contributed by atoms with van der Waals surface area (Å²) in [6, 6.07) is 9.66. The second-order valence-corrected chi connectivity index (χ2v) is 7.02. The Hall–Kier alpha value is -2.89. The molecule has 27 heavy (non-hydrogen) atoms. The number of piperidine rings is 1. The molecule has 0 bridgehead atoms. The van der Waals surface area contributed by atoms with E-state index < -0.39 is 0 Å². The molecule has 0 saturated carbocycles. The first-order valence-corrected chi connectivity index (χ1v) is 9.70. The van der Waals surface area contributed by atoms with Gasteiger partial charge in [0.2, 0.25) is 5.78 Å². The Morgan fingerprint density at radius 3 is 2.67 bits per heavy atom. The van der Waals surface area contributed by atoms with Gasteiger partial charge in [-0.15, -0.1) is 0 Å². The number of nitrogens with zero attached hydrogens (tertiary/aromatic N) is 4. The summed E-state index contributed by atoms with van der Waals surface area (Å²) in [5.74, 6) is 0.572. The van der Waals surface area contributed by atoms with Gasteiger partial charge in [-0.1, -0.05) is 6.92 Å². The van der Waals surface area contributed by atoms with E-state index >= 15 is 0 Å². The Labute approximate surface area is 159 Å². The predicted octanol–water partition coefficient (Wildman–Crippen LogP) is 3.60. The van der Waals surface area contributed by atoms with Crippen LogP contribution < -0.4 is 10.2 Å². The number of rotatable bonds is 5. The highest BCUT2D eigenvalue weighted by molar-refractivity contribution is 5.94. The van der Waals surface area contributed by atoms with Crippen molar-refractivity contribution in [1.29, 1.82) is 0 Å². The number of benzene rings is 1. The lowest BCUT2D eigenvalue weighted by Crippen LogP contribution is -2.30. The Bertz CT molecular complexity index is 879. The van der Waals surface area contributed by atoms with E-state index in [-0.39, 0.29) is 11.9 Å². The van der Waals surface area contributed by atoms with Crippen molar-refractivity contribution in [3.63, 3.8) is 0 Å². The van der Waals surface area contributed by atoms with Crippen LogP contribution in [0.1, 0.15) is 54.7 Å². The number of carbonyl (C=O) groups excluding carboxylic acids is 1. The van der Waals surface area contributed by atoms with Crippen molar-refractivity contribution in [3.05, 3.63) is 60.2 Å². The number of hydrogen-bond donors (Lipinski definition) is 1. The van der Waals surface area contributed by atoms with E-state index in [4.69, 9.17) is 0 Å². The average Bonchev–Trinajstić information content (AvgIpc) is 3.16. The van der Waals surface area contributed by atoms with Crippen molar-refractivity contribution in [2.24, 2.45) is 0 Å². The third-order valence-corrected chi connectivity index (χ3v) is 5.18. The summed E-state index contributed by atoms with van der Waals surface area (Å²) in [5, 5.41) is 3.10. The first kappa shape index (κ1) is 17.5. The maximum Gasteiger partial charge on any atom is 0.251 e. The minimum absolute atomic E-state index is 0.0722. The van der Waals surface area contributed by atoms with Gasteiger partial charge >= 0.3 is 0 Å². The van der Waals surface area contributed by atoms with Crippen LogP contribution in [0, 0.1) is 0 Å². The monoisotopic (exact) mass is 363 g/mol. The normalized spacial score (nSPS) is 15.7. The average molecular weight is 363 g/mol. The van der Waals surface area contributed by atoms with Crippen molar-refractivity contribution >= 4 is 17.4 Å². The van der Waals surface area contributed by atoms with Crippen LogP contribution in [0.3, 0.4) is 0 Å². The molecule has 2 aromatic heterocycles. The molecule has 1 saturated heterocycles. The van der Waals surface area contributed by atoms with E-state index in [0.29, 0.717) is 11.3 Å².